The molecule has 78 valence electrons. The van der Waals surface area contributed by atoms with E-state index in [2.05, 4.69) is 15.9 Å². The molecule has 1 aromatic rings. The van der Waals surface area contributed by atoms with Gasteiger partial charge in [-0.3, -0.25) is 10.1 Å². The SMILES string of the molecule is COc1cc(C#N)c([N+](=O)[O-])cc1CBr. The van der Waals surface area contributed by atoms with Crippen LogP contribution in [0.5, 0.6) is 5.75 Å². The van der Waals surface area contributed by atoms with Gasteiger partial charge < -0.3 is 4.74 Å². The van der Waals surface area contributed by atoms with Gasteiger partial charge in [-0.05, 0) is 0 Å². The third-order valence-electron chi connectivity index (χ3n) is 1.86. The van der Waals surface area contributed by atoms with Gasteiger partial charge in [0.2, 0.25) is 0 Å². The number of nitriles is 1. The molecule has 15 heavy (non-hydrogen) atoms. The van der Waals surface area contributed by atoms with Crippen molar-refractivity contribution < 1.29 is 9.66 Å². The van der Waals surface area contributed by atoms with Gasteiger partial charge in [0.25, 0.3) is 5.69 Å². The second-order valence-corrected chi connectivity index (χ2v) is 3.24. The molecular weight excluding hydrogens is 264 g/mol. The van der Waals surface area contributed by atoms with E-state index >= 15 is 0 Å². The first-order valence-electron chi connectivity index (χ1n) is 3.95. The molecular formula is C9H7BrN2O3. The molecule has 0 amide bonds. The number of alkyl halides is 1. The lowest BCUT2D eigenvalue weighted by molar-refractivity contribution is -0.385. The number of benzene rings is 1. The van der Waals surface area contributed by atoms with Crippen molar-refractivity contribution in [3.05, 3.63) is 33.4 Å². The van der Waals surface area contributed by atoms with E-state index in [1.165, 1.54) is 19.2 Å². The van der Waals surface area contributed by atoms with Gasteiger partial charge in [-0.2, -0.15) is 5.26 Å². The van der Waals surface area contributed by atoms with E-state index in [9.17, 15) is 10.1 Å². The average Bonchev–Trinajstić information content (AvgIpc) is 2.26. The number of rotatable bonds is 3. The Morgan fingerprint density at radius 3 is 2.73 bits per heavy atom. The molecule has 0 saturated heterocycles. The first kappa shape index (κ1) is 11.5. The highest BCUT2D eigenvalue weighted by Crippen LogP contribution is 2.29. The minimum absolute atomic E-state index is 0.00144. The minimum Gasteiger partial charge on any atom is -0.496 e. The highest BCUT2D eigenvalue weighted by Gasteiger charge is 2.17. The van der Waals surface area contributed by atoms with Crippen LogP contribution in [-0.4, -0.2) is 12.0 Å². The second-order valence-electron chi connectivity index (χ2n) is 2.68. The highest BCUT2D eigenvalue weighted by molar-refractivity contribution is 9.08. The molecule has 0 aliphatic carbocycles. The number of nitro groups is 1. The van der Waals surface area contributed by atoms with Gasteiger partial charge in [0.1, 0.15) is 17.4 Å². The van der Waals surface area contributed by atoms with Crippen LogP contribution in [0.3, 0.4) is 0 Å². The third kappa shape index (κ3) is 2.25. The zero-order valence-corrected chi connectivity index (χ0v) is 9.44. The van der Waals surface area contributed by atoms with Gasteiger partial charge >= 0.3 is 0 Å². The Morgan fingerprint density at radius 2 is 2.33 bits per heavy atom. The van der Waals surface area contributed by atoms with Crippen LogP contribution in [0.4, 0.5) is 5.69 Å². The molecule has 0 radical (unpaired) electrons. The molecule has 0 aromatic heterocycles. The highest BCUT2D eigenvalue weighted by atomic mass is 79.9. The number of hydrogen-bond acceptors (Lipinski definition) is 4. The van der Waals surface area contributed by atoms with Gasteiger partial charge in [0, 0.05) is 23.0 Å². The van der Waals surface area contributed by atoms with Gasteiger partial charge in [-0.15, -0.1) is 0 Å². The summed E-state index contributed by atoms with van der Waals surface area (Å²) in [6.45, 7) is 0. The summed E-state index contributed by atoms with van der Waals surface area (Å²) in [5.74, 6) is 0.467. The summed E-state index contributed by atoms with van der Waals surface area (Å²) in [4.78, 5) is 10.1. The van der Waals surface area contributed by atoms with Crippen LogP contribution >= 0.6 is 15.9 Å². The minimum atomic E-state index is -0.579. The Labute approximate surface area is 94.6 Å². The number of nitrogens with zero attached hydrogens (tertiary/aromatic N) is 2. The van der Waals surface area contributed by atoms with Crippen molar-refractivity contribution in [3.8, 4) is 11.8 Å². The topological polar surface area (TPSA) is 76.2 Å². The van der Waals surface area contributed by atoms with Crippen molar-refractivity contribution in [1.29, 1.82) is 5.26 Å². The molecule has 0 unspecified atom stereocenters. The lowest BCUT2D eigenvalue weighted by Crippen LogP contribution is -1.97. The van der Waals surface area contributed by atoms with Gasteiger partial charge in [-0.1, -0.05) is 15.9 Å². The lowest BCUT2D eigenvalue weighted by Gasteiger charge is -2.06. The zero-order valence-electron chi connectivity index (χ0n) is 7.86. The number of hydrogen-bond donors (Lipinski definition) is 0. The molecule has 0 aliphatic rings. The van der Waals surface area contributed by atoms with Gasteiger partial charge in [-0.25, -0.2) is 0 Å². The summed E-state index contributed by atoms with van der Waals surface area (Å²) in [6, 6.07) is 4.48. The van der Waals surface area contributed by atoms with Crippen molar-refractivity contribution in [3.63, 3.8) is 0 Å². The standard InChI is InChI=1S/C9H7BrN2O3/c1-15-9-3-7(5-11)8(12(13)14)2-6(9)4-10/h2-3H,4H2,1H3. The lowest BCUT2D eigenvalue weighted by atomic mass is 10.1. The number of halogens is 1. The van der Waals surface area contributed by atoms with E-state index in [-0.39, 0.29) is 11.3 Å². The third-order valence-corrected chi connectivity index (χ3v) is 2.46. The molecule has 0 heterocycles. The molecule has 0 aliphatic heterocycles. The van der Waals surface area contributed by atoms with E-state index in [4.69, 9.17) is 10.00 Å². The fourth-order valence-corrected chi connectivity index (χ4v) is 1.58. The Bertz CT molecular complexity index is 440. The van der Waals surface area contributed by atoms with Crippen molar-refractivity contribution >= 4 is 21.6 Å². The van der Waals surface area contributed by atoms with E-state index < -0.39 is 4.92 Å². The van der Waals surface area contributed by atoms with Gasteiger partial charge in [0.05, 0.1) is 12.0 Å². The Hall–Kier alpha value is -1.61. The zero-order chi connectivity index (χ0) is 11.4. The van der Waals surface area contributed by atoms with Gasteiger partial charge in [0.15, 0.2) is 0 Å². The number of nitro benzene ring substituents is 1. The van der Waals surface area contributed by atoms with Crippen molar-refractivity contribution in [2.45, 2.75) is 5.33 Å². The summed E-state index contributed by atoms with van der Waals surface area (Å²) in [5, 5.41) is 19.8. The van der Waals surface area contributed by atoms with E-state index in [0.29, 0.717) is 16.6 Å². The maximum Gasteiger partial charge on any atom is 0.287 e. The maximum atomic E-state index is 10.6. The van der Waals surface area contributed by atoms with Crippen LogP contribution in [0.25, 0.3) is 0 Å². The fourth-order valence-electron chi connectivity index (χ4n) is 1.15. The predicted octanol–water partition coefficient (Wildman–Crippen LogP) is 2.37. The van der Waals surface area contributed by atoms with E-state index in [1.807, 2.05) is 0 Å². The van der Waals surface area contributed by atoms with E-state index in [1.54, 1.807) is 6.07 Å². The largest absolute Gasteiger partial charge is 0.496 e. The number of methoxy groups -OCH3 is 1. The van der Waals surface area contributed by atoms with Crippen LogP contribution < -0.4 is 4.74 Å². The molecule has 0 saturated carbocycles. The number of ether oxygens (including phenoxy) is 1. The summed E-state index contributed by atoms with van der Waals surface area (Å²) >= 11 is 3.19. The fraction of sp³-hybridized carbons (Fsp3) is 0.222. The molecule has 0 fully saturated rings. The molecule has 0 atom stereocenters. The van der Waals surface area contributed by atoms with Crippen LogP contribution in [-0.2, 0) is 5.33 Å². The van der Waals surface area contributed by atoms with Crippen LogP contribution in [0.15, 0.2) is 12.1 Å². The smallest absolute Gasteiger partial charge is 0.287 e. The molecule has 0 N–H and O–H groups in total. The van der Waals surface area contributed by atoms with Crippen molar-refractivity contribution in [1.82, 2.24) is 0 Å². The Morgan fingerprint density at radius 1 is 1.67 bits per heavy atom. The predicted molar refractivity (Wildman–Crippen MR) is 57.0 cm³/mol. The van der Waals surface area contributed by atoms with E-state index in [0.717, 1.165) is 0 Å². The first-order chi connectivity index (χ1) is 7.13. The summed E-state index contributed by atoms with van der Waals surface area (Å²) in [6.07, 6.45) is 0. The van der Waals surface area contributed by atoms with Crippen LogP contribution in [0, 0.1) is 21.4 Å². The molecule has 0 bridgehead atoms. The monoisotopic (exact) mass is 270 g/mol. The molecule has 5 nitrogen and oxygen atoms in total. The summed E-state index contributed by atoms with van der Waals surface area (Å²) in [5.41, 5.74) is 0.442. The molecule has 6 heteroatoms. The van der Waals surface area contributed by atoms with Crippen molar-refractivity contribution in [2.75, 3.05) is 7.11 Å². The van der Waals surface area contributed by atoms with Crippen LogP contribution in [0.1, 0.15) is 11.1 Å². The quantitative estimate of drug-likeness (QED) is 0.480. The summed E-state index contributed by atoms with van der Waals surface area (Å²) in [7, 11) is 1.45. The summed E-state index contributed by atoms with van der Waals surface area (Å²) < 4.78 is 5.01. The second kappa shape index (κ2) is 4.75. The van der Waals surface area contributed by atoms with Crippen LogP contribution in [0.2, 0.25) is 0 Å². The maximum absolute atomic E-state index is 10.6. The average molecular weight is 271 g/mol. The first-order valence-corrected chi connectivity index (χ1v) is 5.07. The molecule has 0 spiro atoms. The normalized spacial score (nSPS) is 9.40. The molecule has 1 aromatic carbocycles. The van der Waals surface area contributed by atoms with Crippen molar-refractivity contribution in [2.24, 2.45) is 0 Å². The molecule has 1 rings (SSSR count). The Kier molecular flexibility index (Phi) is 3.63. The Balaban J connectivity index is 3.42.